The van der Waals surface area contributed by atoms with Crippen molar-refractivity contribution in [1.82, 2.24) is 10.3 Å². The van der Waals surface area contributed by atoms with Gasteiger partial charge in [0.2, 0.25) is 0 Å². The number of ether oxygens (including phenoxy) is 1. The SMILES string of the molecule is CCCc1cc(C(=O)NCC2CCOC2)cc(Cl)n1. The van der Waals surface area contributed by atoms with E-state index >= 15 is 0 Å². The second-order valence-corrected chi connectivity index (χ2v) is 5.25. The van der Waals surface area contributed by atoms with Gasteiger partial charge in [-0.1, -0.05) is 24.9 Å². The minimum absolute atomic E-state index is 0.0893. The maximum absolute atomic E-state index is 12.1. The first-order chi connectivity index (χ1) is 9.19. The van der Waals surface area contributed by atoms with Crippen LogP contribution in [0.3, 0.4) is 0 Å². The monoisotopic (exact) mass is 282 g/mol. The van der Waals surface area contributed by atoms with Crippen LogP contribution in [0.2, 0.25) is 5.15 Å². The summed E-state index contributed by atoms with van der Waals surface area (Å²) in [5.41, 5.74) is 1.45. The van der Waals surface area contributed by atoms with Gasteiger partial charge in [-0.2, -0.15) is 0 Å². The number of nitrogens with zero attached hydrogens (tertiary/aromatic N) is 1. The highest BCUT2D eigenvalue weighted by Gasteiger charge is 2.17. The summed E-state index contributed by atoms with van der Waals surface area (Å²) in [5, 5.41) is 3.31. The molecule has 1 unspecified atom stereocenters. The maximum Gasteiger partial charge on any atom is 0.251 e. The number of rotatable bonds is 5. The molecule has 1 N–H and O–H groups in total. The summed E-state index contributed by atoms with van der Waals surface area (Å²) < 4.78 is 5.28. The summed E-state index contributed by atoms with van der Waals surface area (Å²) in [6, 6.07) is 3.43. The molecule has 1 aromatic heterocycles. The quantitative estimate of drug-likeness (QED) is 0.844. The van der Waals surface area contributed by atoms with Crippen molar-refractivity contribution in [2.45, 2.75) is 26.2 Å². The summed E-state index contributed by atoms with van der Waals surface area (Å²) in [6.07, 6.45) is 2.82. The van der Waals surface area contributed by atoms with Crippen molar-refractivity contribution >= 4 is 17.5 Å². The third kappa shape index (κ3) is 4.18. The first-order valence-corrected chi connectivity index (χ1v) is 7.09. The number of aromatic nitrogens is 1. The molecule has 2 heterocycles. The Balaban J connectivity index is 1.97. The zero-order chi connectivity index (χ0) is 13.7. The second kappa shape index (κ2) is 6.87. The largest absolute Gasteiger partial charge is 0.381 e. The van der Waals surface area contributed by atoms with E-state index in [4.69, 9.17) is 16.3 Å². The molecule has 1 atom stereocenters. The van der Waals surface area contributed by atoms with Gasteiger partial charge in [0, 0.05) is 30.3 Å². The van der Waals surface area contributed by atoms with Gasteiger partial charge in [-0.15, -0.1) is 0 Å². The Kier molecular flexibility index (Phi) is 5.16. The normalized spacial score (nSPS) is 18.5. The van der Waals surface area contributed by atoms with E-state index in [0.717, 1.165) is 38.2 Å². The minimum atomic E-state index is -0.0893. The number of halogens is 1. The Morgan fingerprint density at radius 3 is 3.11 bits per heavy atom. The second-order valence-electron chi connectivity index (χ2n) is 4.86. The predicted molar refractivity (Wildman–Crippen MR) is 74.5 cm³/mol. The van der Waals surface area contributed by atoms with E-state index < -0.39 is 0 Å². The number of pyridine rings is 1. The summed E-state index contributed by atoms with van der Waals surface area (Å²) in [6.45, 7) is 4.26. The maximum atomic E-state index is 12.1. The van der Waals surface area contributed by atoms with Gasteiger partial charge in [-0.25, -0.2) is 4.98 Å². The number of nitrogens with one attached hydrogen (secondary N) is 1. The topological polar surface area (TPSA) is 51.2 Å². The highest BCUT2D eigenvalue weighted by Crippen LogP contribution is 2.14. The van der Waals surface area contributed by atoms with Crippen molar-refractivity contribution in [2.24, 2.45) is 5.92 Å². The van der Waals surface area contributed by atoms with E-state index in [-0.39, 0.29) is 5.91 Å². The molecule has 0 saturated carbocycles. The van der Waals surface area contributed by atoms with Gasteiger partial charge in [0.25, 0.3) is 5.91 Å². The van der Waals surface area contributed by atoms with Crippen molar-refractivity contribution in [2.75, 3.05) is 19.8 Å². The van der Waals surface area contributed by atoms with E-state index in [1.54, 1.807) is 6.07 Å². The first kappa shape index (κ1) is 14.3. The third-order valence-electron chi connectivity index (χ3n) is 3.19. The van der Waals surface area contributed by atoms with E-state index in [2.05, 4.69) is 17.2 Å². The van der Waals surface area contributed by atoms with Gasteiger partial charge in [0.1, 0.15) is 5.15 Å². The van der Waals surface area contributed by atoms with Gasteiger partial charge >= 0.3 is 0 Å². The average molecular weight is 283 g/mol. The van der Waals surface area contributed by atoms with Crippen LogP contribution in [0.15, 0.2) is 12.1 Å². The molecule has 0 aromatic carbocycles. The van der Waals surface area contributed by atoms with Crippen molar-refractivity contribution in [3.63, 3.8) is 0 Å². The molecular formula is C14H19ClN2O2. The average Bonchev–Trinajstić information content (AvgIpc) is 2.88. The lowest BCUT2D eigenvalue weighted by Crippen LogP contribution is -2.29. The Labute approximate surface area is 118 Å². The van der Waals surface area contributed by atoms with Gasteiger partial charge < -0.3 is 10.1 Å². The third-order valence-corrected chi connectivity index (χ3v) is 3.38. The molecule has 1 fully saturated rings. The van der Waals surface area contributed by atoms with E-state index in [1.807, 2.05) is 6.07 Å². The van der Waals surface area contributed by atoms with Gasteiger partial charge in [0.15, 0.2) is 0 Å². The van der Waals surface area contributed by atoms with Crippen molar-refractivity contribution in [3.05, 3.63) is 28.5 Å². The van der Waals surface area contributed by atoms with Crippen LogP contribution < -0.4 is 5.32 Å². The van der Waals surface area contributed by atoms with Crippen LogP contribution in [0.1, 0.15) is 35.8 Å². The van der Waals surface area contributed by atoms with Crippen LogP contribution in [0.5, 0.6) is 0 Å². The Bertz CT molecular complexity index is 445. The molecule has 0 aliphatic carbocycles. The Morgan fingerprint density at radius 2 is 2.42 bits per heavy atom. The molecule has 1 amide bonds. The van der Waals surface area contributed by atoms with E-state index in [0.29, 0.717) is 23.2 Å². The fraction of sp³-hybridized carbons (Fsp3) is 0.571. The van der Waals surface area contributed by atoms with Crippen LogP contribution in [0.4, 0.5) is 0 Å². The molecular weight excluding hydrogens is 264 g/mol. The molecule has 4 nitrogen and oxygen atoms in total. The molecule has 1 aliphatic heterocycles. The standard InChI is InChI=1S/C14H19ClN2O2/c1-2-3-12-6-11(7-13(15)17-12)14(18)16-8-10-4-5-19-9-10/h6-7,10H,2-5,8-9H2,1H3,(H,16,18). The molecule has 1 aromatic rings. The molecule has 5 heteroatoms. The van der Waals surface area contributed by atoms with Crippen molar-refractivity contribution in [3.8, 4) is 0 Å². The summed E-state index contributed by atoms with van der Waals surface area (Å²) in [5.74, 6) is 0.338. The fourth-order valence-corrected chi connectivity index (χ4v) is 2.38. The van der Waals surface area contributed by atoms with Crippen molar-refractivity contribution < 1.29 is 9.53 Å². The lowest BCUT2D eigenvalue weighted by molar-refractivity contribution is 0.0944. The number of carbonyl (C=O) groups excluding carboxylic acids is 1. The highest BCUT2D eigenvalue weighted by molar-refractivity contribution is 6.29. The van der Waals surface area contributed by atoms with Crippen LogP contribution >= 0.6 is 11.6 Å². The van der Waals surface area contributed by atoms with Crippen LogP contribution in [-0.2, 0) is 11.2 Å². The molecule has 1 aliphatic rings. The van der Waals surface area contributed by atoms with Gasteiger partial charge in [-0.3, -0.25) is 4.79 Å². The zero-order valence-corrected chi connectivity index (χ0v) is 11.9. The van der Waals surface area contributed by atoms with Gasteiger partial charge in [0.05, 0.1) is 6.61 Å². The van der Waals surface area contributed by atoms with Crippen LogP contribution in [-0.4, -0.2) is 30.6 Å². The number of hydrogen-bond donors (Lipinski definition) is 1. The minimum Gasteiger partial charge on any atom is -0.381 e. The van der Waals surface area contributed by atoms with E-state index in [1.165, 1.54) is 0 Å². The van der Waals surface area contributed by atoms with Crippen LogP contribution in [0, 0.1) is 5.92 Å². The summed E-state index contributed by atoms with van der Waals surface area (Å²) in [7, 11) is 0. The highest BCUT2D eigenvalue weighted by atomic mass is 35.5. The molecule has 1 saturated heterocycles. The van der Waals surface area contributed by atoms with Gasteiger partial charge in [-0.05, 0) is 25.0 Å². The number of carbonyl (C=O) groups is 1. The van der Waals surface area contributed by atoms with Crippen molar-refractivity contribution in [1.29, 1.82) is 0 Å². The molecule has 19 heavy (non-hydrogen) atoms. The summed E-state index contributed by atoms with van der Waals surface area (Å²) >= 11 is 5.95. The molecule has 0 bridgehead atoms. The number of aryl methyl sites for hydroxylation is 1. The Hall–Kier alpha value is -1.13. The zero-order valence-electron chi connectivity index (χ0n) is 11.1. The smallest absolute Gasteiger partial charge is 0.251 e. The predicted octanol–water partition coefficient (Wildman–Crippen LogP) is 2.45. The molecule has 104 valence electrons. The Morgan fingerprint density at radius 1 is 1.58 bits per heavy atom. The molecule has 0 radical (unpaired) electrons. The number of amides is 1. The first-order valence-electron chi connectivity index (χ1n) is 6.71. The lowest BCUT2D eigenvalue weighted by atomic mass is 10.1. The number of hydrogen-bond acceptors (Lipinski definition) is 3. The lowest BCUT2D eigenvalue weighted by Gasteiger charge is -2.10. The van der Waals surface area contributed by atoms with E-state index in [9.17, 15) is 4.79 Å². The molecule has 0 spiro atoms. The fourth-order valence-electron chi connectivity index (χ4n) is 2.15. The summed E-state index contributed by atoms with van der Waals surface area (Å²) in [4.78, 5) is 16.3. The van der Waals surface area contributed by atoms with Crippen LogP contribution in [0.25, 0.3) is 0 Å². The molecule has 2 rings (SSSR count).